The molecule has 0 N–H and O–H groups in total. The van der Waals surface area contributed by atoms with Crippen LogP contribution in [0.3, 0.4) is 0 Å². The highest BCUT2D eigenvalue weighted by Gasteiger charge is 2.36. The molecule has 1 aromatic heterocycles. The fourth-order valence-electron chi connectivity index (χ4n) is 3.03. The van der Waals surface area contributed by atoms with Gasteiger partial charge in [-0.15, -0.1) is 22.9 Å². The van der Waals surface area contributed by atoms with Crippen molar-refractivity contribution in [2.45, 2.75) is 36.6 Å². The van der Waals surface area contributed by atoms with E-state index in [9.17, 15) is 8.42 Å². The largest absolute Gasteiger partial charge is 0.243 e. The second-order valence-corrected chi connectivity index (χ2v) is 8.97. The molecule has 3 rings (SSSR count). The van der Waals surface area contributed by atoms with Crippen LogP contribution in [0.4, 0.5) is 0 Å². The Morgan fingerprint density at radius 2 is 2.00 bits per heavy atom. The molecule has 23 heavy (non-hydrogen) atoms. The van der Waals surface area contributed by atoms with Crippen LogP contribution in [0.5, 0.6) is 0 Å². The third-order valence-corrected chi connectivity index (χ3v) is 7.37. The maximum absolute atomic E-state index is 13.0. The van der Waals surface area contributed by atoms with Crippen LogP contribution in [0, 0.1) is 0 Å². The molecule has 1 unspecified atom stereocenters. The lowest BCUT2D eigenvalue weighted by Crippen LogP contribution is -2.30. The SMILES string of the molecule is O=S(=O)(c1ccc(CCCCl)cc1)N1CCCC1c1cccs1. The lowest BCUT2D eigenvalue weighted by Gasteiger charge is -2.23. The molecule has 1 aromatic carbocycles. The van der Waals surface area contributed by atoms with Crippen LogP contribution < -0.4 is 0 Å². The Morgan fingerprint density at radius 3 is 2.65 bits per heavy atom. The van der Waals surface area contributed by atoms with Crippen molar-refractivity contribution in [1.82, 2.24) is 4.31 Å². The normalized spacial score (nSPS) is 19.3. The van der Waals surface area contributed by atoms with Gasteiger partial charge >= 0.3 is 0 Å². The minimum atomic E-state index is -3.44. The van der Waals surface area contributed by atoms with E-state index in [1.165, 1.54) is 0 Å². The minimum absolute atomic E-state index is 0.0177. The number of hydrogen-bond donors (Lipinski definition) is 0. The summed E-state index contributed by atoms with van der Waals surface area (Å²) >= 11 is 7.33. The number of rotatable bonds is 6. The highest BCUT2D eigenvalue weighted by molar-refractivity contribution is 7.89. The second kappa shape index (κ2) is 7.34. The smallest absolute Gasteiger partial charge is 0.207 e. The van der Waals surface area contributed by atoms with Crippen molar-refractivity contribution < 1.29 is 8.42 Å². The molecule has 1 aliphatic rings. The van der Waals surface area contributed by atoms with Crippen molar-refractivity contribution in [2.24, 2.45) is 0 Å². The van der Waals surface area contributed by atoms with E-state index in [4.69, 9.17) is 11.6 Å². The van der Waals surface area contributed by atoms with Gasteiger partial charge in [0.25, 0.3) is 0 Å². The molecule has 0 radical (unpaired) electrons. The van der Waals surface area contributed by atoms with Gasteiger partial charge < -0.3 is 0 Å². The third kappa shape index (κ3) is 3.63. The van der Waals surface area contributed by atoms with Gasteiger partial charge in [0.05, 0.1) is 10.9 Å². The van der Waals surface area contributed by atoms with Gasteiger partial charge in [-0.25, -0.2) is 8.42 Å². The van der Waals surface area contributed by atoms with Crippen LogP contribution in [0.25, 0.3) is 0 Å². The van der Waals surface area contributed by atoms with E-state index in [2.05, 4.69) is 0 Å². The summed E-state index contributed by atoms with van der Waals surface area (Å²) < 4.78 is 27.6. The zero-order valence-electron chi connectivity index (χ0n) is 12.8. The zero-order chi connectivity index (χ0) is 16.3. The molecule has 0 bridgehead atoms. The number of hydrogen-bond acceptors (Lipinski definition) is 3. The van der Waals surface area contributed by atoms with Crippen molar-refractivity contribution in [3.05, 3.63) is 52.2 Å². The molecule has 0 aliphatic carbocycles. The molecule has 6 heteroatoms. The predicted molar refractivity (Wildman–Crippen MR) is 95.7 cm³/mol. The average Bonchev–Trinajstić information content (AvgIpc) is 3.23. The van der Waals surface area contributed by atoms with E-state index in [0.717, 1.165) is 36.1 Å². The van der Waals surface area contributed by atoms with Crippen LogP contribution in [0.2, 0.25) is 0 Å². The Hall–Kier alpha value is -0.880. The van der Waals surface area contributed by atoms with Crippen molar-refractivity contribution >= 4 is 33.0 Å². The zero-order valence-corrected chi connectivity index (χ0v) is 15.2. The predicted octanol–water partition coefficient (Wildman–Crippen LogP) is 4.45. The fraction of sp³-hybridized carbons (Fsp3) is 0.412. The summed E-state index contributed by atoms with van der Waals surface area (Å²) in [6, 6.07) is 11.2. The molecule has 1 aliphatic heterocycles. The lowest BCUT2D eigenvalue weighted by molar-refractivity contribution is 0.401. The molecule has 0 saturated carbocycles. The molecule has 2 aromatic rings. The van der Waals surface area contributed by atoms with Gasteiger partial charge in [-0.1, -0.05) is 18.2 Å². The van der Waals surface area contributed by atoms with Gasteiger partial charge in [-0.3, -0.25) is 0 Å². The monoisotopic (exact) mass is 369 g/mol. The maximum atomic E-state index is 13.0. The topological polar surface area (TPSA) is 37.4 Å². The molecule has 1 fully saturated rings. The van der Waals surface area contributed by atoms with Crippen LogP contribution in [0.1, 0.15) is 35.7 Å². The second-order valence-electron chi connectivity index (χ2n) is 5.73. The maximum Gasteiger partial charge on any atom is 0.243 e. The first-order valence-corrected chi connectivity index (χ1v) is 10.7. The molecular weight excluding hydrogens is 350 g/mol. The molecular formula is C17H20ClNO2S2. The van der Waals surface area contributed by atoms with Crippen molar-refractivity contribution in [3.8, 4) is 0 Å². The van der Waals surface area contributed by atoms with Crippen LogP contribution in [0.15, 0.2) is 46.7 Å². The van der Waals surface area contributed by atoms with E-state index in [-0.39, 0.29) is 6.04 Å². The van der Waals surface area contributed by atoms with Gasteiger partial charge in [0.2, 0.25) is 10.0 Å². The van der Waals surface area contributed by atoms with Crippen LogP contribution in [-0.4, -0.2) is 25.1 Å². The lowest BCUT2D eigenvalue weighted by atomic mass is 10.1. The molecule has 3 nitrogen and oxygen atoms in total. The standard InChI is InChI=1S/C17H20ClNO2S2/c18-11-1-4-14-7-9-15(10-8-14)23(20,21)19-12-2-5-16(19)17-6-3-13-22-17/h3,6-10,13,16H,1-2,4-5,11-12H2. The quantitative estimate of drug-likeness (QED) is 0.705. The van der Waals surface area contributed by atoms with E-state index < -0.39 is 10.0 Å². The first-order chi connectivity index (χ1) is 11.1. The highest BCUT2D eigenvalue weighted by atomic mass is 35.5. The van der Waals surface area contributed by atoms with Crippen LogP contribution in [-0.2, 0) is 16.4 Å². The molecule has 124 valence electrons. The Kier molecular flexibility index (Phi) is 5.42. The summed E-state index contributed by atoms with van der Waals surface area (Å²) in [6.45, 7) is 0.596. The van der Waals surface area contributed by atoms with Crippen LogP contribution >= 0.6 is 22.9 Å². The Labute approximate surface area is 147 Å². The number of aryl methyl sites for hydroxylation is 1. The minimum Gasteiger partial charge on any atom is -0.207 e. The molecule has 0 spiro atoms. The van der Waals surface area contributed by atoms with E-state index in [1.807, 2.05) is 29.6 Å². The number of thiophene rings is 1. The third-order valence-electron chi connectivity index (χ3n) is 4.20. The van der Waals surface area contributed by atoms with Gasteiger partial charge in [0, 0.05) is 17.3 Å². The first kappa shape index (κ1) is 17.0. The summed E-state index contributed by atoms with van der Waals surface area (Å²) in [7, 11) is -3.44. The van der Waals surface area contributed by atoms with Crippen molar-refractivity contribution in [1.29, 1.82) is 0 Å². The van der Waals surface area contributed by atoms with Gasteiger partial charge in [-0.2, -0.15) is 4.31 Å². The van der Waals surface area contributed by atoms with Gasteiger partial charge in [0.15, 0.2) is 0 Å². The van der Waals surface area contributed by atoms with E-state index in [0.29, 0.717) is 17.3 Å². The van der Waals surface area contributed by atoms with Gasteiger partial charge in [0.1, 0.15) is 0 Å². The summed E-state index contributed by atoms with van der Waals surface area (Å²) in [6.07, 6.45) is 3.59. The number of alkyl halides is 1. The first-order valence-electron chi connectivity index (χ1n) is 7.83. The van der Waals surface area contributed by atoms with Crippen molar-refractivity contribution in [2.75, 3.05) is 12.4 Å². The molecule has 1 atom stereocenters. The summed E-state index contributed by atoms with van der Waals surface area (Å²) in [5.41, 5.74) is 1.13. The Balaban J connectivity index is 1.83. The summed E-state index contributed by atoms with van der Waals surface area (Å²) in [5.74, 6) is 0.621. The fourth-order valence-corrected chi connectivity index (χ4v) is 5.78. The number of sulfonamides is 1. The number of benzene rings is 1. The molecule has 2 heterocycles. The molecule has 1 saturated heterocycles. The van der Waals surface area contributed by atoms with E-state index >= 15 is 0 Å². The Bertz CT molecular complexity index is 726. The highest BCUT2D eigenvalue weighted by Crippen LogP contribution is 2.38. The summed E-state index contributed by atoms with van der Waals surface area (Å²) in [5, 5.41) is 2.00. The molecule has 0 amide bonds. The number of halogens is 1. The van der Waals surface area contributed by atoms with Crippen molar-refractivity contribution in [3.63, 3.8) is 0 Å². The summed E-state index contributed by atoms with van der Waals surface area (Å²) in [4.78, 5) is 1.51. The Morgan fingerprint density at radius 1 is 1.22 bits per heavy atom. The van der Waals surface area contributed by atoms with E-state index in [1.54, 1.807) is 27.8 Å². The van der Waals surface area contributed by atoms with Gasteiger partial charge in [-0.05, 0) is 54.8 Å². The number of nitrogens with zero attached hydrogens (tertiary/aromatic N) is 1. The average molecular weight is 370 g/mol.